The average Bonchev–Trinajstić information content (AvgIpc) is 3.14. The van der Waals surface area contributed by atoms with E-state index in [1.165, 1.54) is 17.3 Å². The van der Waals surface area contributed by atoms with Crippen molar-refractivity contribution < 1.29 is 9.53 Å². The molecule has 0 fully saturated rings. The first kappa shape index (κ1) is 22.4. The zero-order valence-corrected chi connectivity index (χ0v) is 19.7. The summed E-state index contributed by atoms with van der Waals surface area (Å²) in [6.45, 7) is 7.33. The summed E-state index contributed by atoms with van der Waals surface area (Å²) in [4.78, 5) is 12.3. The smallest absolute Gasteiger partial charge is 0.234 e. The number of carbonyl (C=O) groups excluding carboxylic acids is 1. The second kappa shape index (κ2) is 10.6. The molecule has 0 aliphatic carbocycles. The van der Waals surface area contributed by atoms with E-state index < -0.39 is 0 Å². The van der Waals surface area contributed by atoms with Gasteiger partial charge in [0.1, 0.15) is 12.4 Å². The fourth-order valence-corrected chi connectivity index (χ4v) is 3.89. The summed E-state index contributed by atoms with van der Waals surface area (Å²) < 4.78 is 8.77. The van der Waals surface area contributed by atoms with Crippen LogP contribution in [-0.2, 0) is 17.9 Å². The number of aromatic nitrogens is 3. The minimum absolute atomic E-state index is 0.0735. The summed E-state index contributed by atoms with van der Waals surface area (Å²) in [5, 5.41) is 12.1. The molecule has 0 saturated carbocycles. The van der Waals surface area contributed by atoms with Gasteiger partial charge in [0.2, 0.25) is 5.91 Å². The summed E-state index contributed by atoms with van der Waals surface area (Å²) in [6, 6.07) is 15.6. The van der Waals surface area contributed by atoms with Crippen LogP contribution in [0.5, 0.6) is 5.75 Å². The van der Waals surface area contributed by atoms with Crippen LogP contribution in [0.2, 0.25) is 0 Å². The minimum atomic E-state index is -0.0735. The van der Waals surface area contributed by atoms with E-state index in [9.17, 15) is 4.79 Å². The first-order chi connectivity index (χ1) is 14.5. The standard InChI is InChI=1S/C22H25BrN4O2S/c1-4-27-20(13-29-19-11-7-17(23)8-12-19)25-26-22(27)30-14-21(28)24-18-9-5-16(6-10-18)15(2)3/h5-12,15H,4,13-14H2,1-3H3,(H,24,28). The van der Waals surface area contributed by atoms with Gasteiger partial charge in [0.15, 0.2) is 11.0 Å². The van der Waals surface area contributed by atoms with Crippen molar-refractivity contribution in [2.75, 3.05) is 11.1 Å². The number of anilines is 1. The SMILES string of the molecule is CCn1c(COc2ccc(Br)cc2)nnc1SCC(=O)Nc1ccc(C(C)C)cc1. The van der Waals surface area contributed by atoms with E-state index >= 15 is 0 Å². The van der Waals surface area contributed by atoms with Crippen LogP contribution in [0.1, 0.15) is 38.1 Å². The van der Waals surface area contributed by atoms with E-state index in [-0.39, 0.29) is 11.7 Å². The molecule has 6 nitrogen and oxygen atoms in total. The summed E-state index contributed by atoms with van der Waals surface area (Å²) in [5.41, 5.74) is 2.04. The Kier molecular flexibility index (Phi) is 7.93. The number of rotatable bonds is 9. The van der Waals surface area contributed by atoms with Gasteiger partial charge in [-0.2, -0.15) is 0 Å². The number of nitrogens with one attached hydrogen (secondary N) is 1. The topological polar surface area (TPSA) is 69.0 Å². The molecule has 158 valence electrons. The number of hydrogen-bond acceptors (Lipinski definition) is 5. The molecule has 0 saturated heterocycles. The highest BCUT2D eigenvalue weighted by Crippen LogP contribution is 2.21. The van der Waals surface area contributed by atoms with Gasteiger partial charge in [0, 0.05) is 16.7 Å². The number of amides is 1. The molecule has 0 aliphatic rings. The molecular weight excluding hydrogens is 464 g/mol. The quantitative estimate of drug-likeness (QED) is 0.403. The molecule has 3 rings (SSSR count). The van der Waals surface area contributed by atoms with Gasteiger partial charge in [-0.15, -0.1) is 10.2 Å². The first-order valence-corrected chi connectivity index (χ1v) is 11.6. The van der Waals surface area contributed by atoms with Crippen LogP contribution >= 0.6 is 27.7 Å². The van der Waals surface area contributed by atoms with Crippen molar-refractivity contribution in [2.24, 2.45) is 0 Å². The molecule has 30 heavy (non-hydrogen) atoms. The second-order valence-electron chi connectivity index (χ2n) is 7.00. The second-order valence-corrected chi connectivity index (χ2v) is 8.86. The van der Waals surface area contributed by atoms with Crippen LogP contribution < -0.4 is 10.1 Å². The Labute approximate surface area is 189 Å². The molecule has 8 heteroatoms. The van der Waals surface area contributed by atoms with Gasteiger partial charge < -0.3 is 14.6 Å². The highest BCUT2D eigenvalue weighted by molar-refractivity contribution is 9.10. The van der Waals surface area contributed by atoms with Crippen LogP contribution in [0.4, 0.5) is 5.69 Å². The van der Waals surface area contributed by atoms with Crippen LogP contribution in [0.3, 0.4) is 0 Å². The predicted octanol–water partition coefficient (Wildman–Crippen LogP) is 5.49. The van der Waals surface area contributed by atoms with Crippen LogP contribution in [0.25, 0.3) is 0 Å². The van der Waals surface area contributed by atoms with E-state index in [0.29, 0.717) is 24.2 Å². The molecule has 2 aromatic carbocycles. The zero-order chi connectivity index (χ0) is 21.5. The van der Waals surface area contributed by atoms with Gasteiger partial charge in [0.25, 0.3) is 0 Å². The Bertz CT molecular complexity index is 972. The Hall–Kier alpha value is -2.32. The molecule has 0 spiro atoms. The third kappa shape index (κ3) is 6.09. The number of carbonyl (C=O) groups is 1. The van der Waals surface area contributed by atoms with Gasteiger partial charge >= 0.3 is 0 Å². The first-order valence-electron chi connectivity index (χ1n) is 9.79. The number of nitrogens with zero attached hydrogens (tertiary/aromatic N) is 3. The Morgan fingerprint density at radius 3 is 2.47 bits per heavy atom. The lowest BCUT2D eigenvalue weighted by atomic mass is 10.0. The van der Waals surface area contributed by atoms with Crippen LogP contribution in [0.15, 0.2) is 58.2 Å². The van der Waals surface area contributed by atoms with Crippen molar-refractivity contribution in [2.45, 2.75) is 45.0 Å². The van der Waals surface area contributed by atoms with Crippen LogP contribution in [0, 0.1) is 0 Å². The van der Waals surface area contributed by atoms with E-state index in [1.54, 1.807) is 0 Å². The molecule has 0 atom stereocenters. The third-order valence-corrected chi connectivity index (χ3v) is 5.98. The molecule has 1 aromatic heterocycles. The lowest BCUT2D eigenvalue weighted by Crippen LogP contribution is -2.15. The molecule has 1 heterocycles. The lowest BCUT2D eigenvalue weighted by molar-refractivity contribution is -0.113. The molecule has 0 aliphatic heterocycles. The summed E-state index contributed by atoms with van der Waals surface area (Å²) in [5.74, 6) is 2.15. The molecule has 3 aromatic rings. The zero-order valence-electron chi connectivity index (χ0n) is 17.3. The maximum atomic E-state index is 12.3. The molecule has 1 N–H and O–H groups in total. The molecular formula is C22H25BrN4O2S. The number of halogens is 1. The summed E-state index contributed by atoms with van der Waals surface area (Å²) in [7, 11) is 0. The monoisotopic (exact) mass is 488 g/mol. The Morgan fingerprint density at radius 2 is 1.83 bits per heavy atom. The number of ether oxygens (including phenoxy) is 1. The van der Waals surface area contributed by atoms with Crippen molar-refractivity contribution in [3.8, 4) is 5.75 Å². The molecule has 0 radical (unpaired) electrons. The largest absolute Gasteiger partial charge is 0.486 e. The minimum Gasteiger partial charge on any atom is -0.486 e. The van der Waals surface area contributed by atoms with Gasteiger partial charge in [-0.3, -0.25) is 4.79 Å². The van der Waals surface area contributed by atoms with E-state index in [2.05, 4.69) is 45.3 Å². The number of benzene rings is 2. The van der Waals surface area contributed by atoms with Crippen molar-refractivity contribution in [1.29, 1.82) is 0 Å². The highest BCUT2D eigenvalue weighted by atomic mass is 79.9. The van der Waals surface area contributed by atoms with Gasteiger partial charge in [-0.05, 0) is 54.8 Å². The average molecular weight is 489 g/mol. The van der Waals surface area contributed by atoms with E-state index in [1.807, 2.05) is 60.0 Å². The van der Waals surface area contributed by atoms with Gasteiger partial charge in [0.05, 0.1) is 5.75 Å². The fourth-order valence-electron chi connectivity index (χ4n) is 2.81. The van der Waals surface area contributed by atoms with Crippen molar-refractivity contribution in [3.63, 3.8) is 0 Å². The predicted molar refractivity (Wildman–Crippen MR) is 124 cm³/mol. The number of hydrogen-bond donors (Lipinski definition) is 1. The Balaban J connectivity index is 1.54. The maximum Gasteiger partial charge on any atom is 0.234 e. The maximum absolute atomic E-state index is 12.3. The van der Waals surface area contributed by atoms with Crippen molar-refractivity contribution in [1.82, 2.24) is 14.8 Å². The summed E-state index contributed by atoms with van der Waals surface area (Å²) >= 11 is 4.78. The Morgan fingerprint density at radius 1 is 1.13 bits per heavy atom. The van der Waals surface area contributed by atoms with Crippen molar-refractivity contribution >= 4 is 39.3 Å². The normalized spacial score (nSPS) is 11.0. The van der Waals surface area contributed by atoms with E-state index in [0.717, 1.165) is 21.7 Å². The van der Waals surface area contributed by atoms with Gasteiger partial charge in [-0.1, -0.05) is 53.7 Å². The van der Waals surface area contributed by atoms with E-state index in [4.69, 9.17) is 4.74 Å². The lowest BCUT2D eigenvalue weighted by Gasteiger charge is -2.10. The molecule has 1 amide bonds. The van der Waals surface area contributed by atoms with Crippen molar-refractivity contribution in [3.05, 3.63) is 64.4 Å². The van der Waals surface area contributed by atoms with Crippen LogP contribution in [-0.4, -0.2) is 26.4 Å². The number of thioether (sulfide) groups is 1. The van der Waals surface area contributed by atoms with Gasteiger partial charge in [-0.25, -0.2) is 0 Å². The fraction of sp³-hybridized carbons (Fsp3) is 0.318. The highest BCUT2D eigenvalue weighted by Gasteiger charge is 2.14. The third-order valence-electron chi connectivity index (χ3n) is 4.48. The molecule has 0 bridgehead atoms. The molecule has 0 unspecified atom stereocenters. The summed E-state index contributed by atoms with van der Waals surface area (Å²) in [6.07, 6.45) is 0.